The van der Waals surface area contributed by atoms with E-state index in [1.807, 2.05) is 27.7 Å². The Bertz CT molecular complexity index is 666. The topological polar surface area (TPSA) is 101 Å². The van der Waals surface area contributed by atoms with Crippen LogP contribution in [0.15, 0.2) is 0 Å². The van der Waals surface area contributed by atoms with E-state index < -0.39 is 34.4 Å². The normalized spacial score (nSPS) is 43.4. The highest BCUT2D eigenvalue weighted by Gasteiger charge is 2.67. The van der Waals surface area contributed by atoms with Gasteiger partial charge >= 0.3 is 5.97 Å². The molecule has 2 fully saturated rings. The van der Waals surface area contributed by atoms with Crippen molar-refractivity contribution in [3.63, 3.8) is 0 Å². The van der Waals surface area contributed by atoms with Crippen molar-refractivity contribution in [2.24, 2.45) is 35.0 Å². The second-order valence-electron chi connectivity index (χ2n) is 10.2. The molecule has 0 aliphatic heterocycles. The first kappa shape index (κ1) is 24.0. The van der Waals surface area contributed by atoms with Gasteiger partial charge in [-0.05, 0) is 44.4 Å². The van der Waals surface area contributed by atoms with E-state index >= 15 is 0 Å². The number of hydrogen-bond donors (Lipinski definition) is 2. The number of esters is 1. The van der Waals surface area contributed by atoms with Crippen LogP contribution in [0.1, 0.15) is 74.1 Å². The van der Waals surface area contributed by atoms with Crippen molar-refractivity contribution < 1.29 is 29.3 Å². The molecule has 0 bridgehead atoms. The molecule has 0 spiro atoms. The summed E-state index contributed by atoms with van der Waals surface area (Å²) in [4.78, 5) is 38.2. The van der Waals surface area contributed by atoms with Gasteiger partial charge in [0.15, 0.2) is 5.78 Å². The van der Waals surface area contributed by atoms with E-state index in [4.69, 9.17) is 4.74 Å². The van der Waals surface area contributed by atoms with E-state index in [0.717, 1.165) is 6.42 Å². The van der Waals surface area contributed by atoms with Crippen LogP contribution >= 0.6 is 0 Å². The maximum absolute atomic E-state index is 13.6. The summed E-state index contributed by atoms with van der Waals surface area (Å²) in [7, 11) is 0. The second kappa shape index (κ2) is 8.10. The lowest BCUT2D eigenvalue weighted by Gasteiger charge is -2.61. The number of rotatable bonds is 6. The van der Waals surface area contributed by atoms with Gasteiger partial charge in [-0.3, -0.25) is 14.4 Å². The highest BCUT2D eigenvalue weighted by atomic mass is 16.5. The quantitative estimate of drug-likeness (QED) is 0.653. The van der Waals surface area contributed by atoms with Gasteiger partial charge in [-0.1, -0.05) is 34.1 Å². The molecular formula is C23H38O6. The monoisotopic (exact) mass is 410 g/mol. The molecule has 0 radical (unpaired) electrons. The van der Waals surface area contributed by atoms with Crippen molar-refractivity contribution in [3.8, 4) is 0 Å². The number of aliphatic hydroxyl groups is 2. The molecule has 2 rings (SSSR count). The summed E-state index contributed by atoms with van der Waals surface area (Å²) in [5, 5.41) is 22.2. The van der Waals surface area contributed by atoms with Crippen molar-refractivity contribution in [1.29, 1.82) is 0 Å². The van der Waals surface area contributed by atoms with Gasteiger partial charge in [0.05, 0.1) is 12.2 Å². The number of fused-ring (bicyclic) bond motifs is 1. The maximum atomic E-state index is 13.6. The van der Waals surface area contributed by atoms with Crippen molar-refractivity contribution >= 4 is 17.5 Å². The largest absolute Gasteiger partial charge is 0.465 e. The van der Waals surface area contributed by atoms with Gasteiger partial charge in [0.25, 0.3) is 0 Å². The number of ketones is 2. The molecule has 6 heteroatoms. The average Bonchev–Trinajstić information content (AvgIpc) is 2.57. The van der Waals surface area contributed by atoms with E-state index in [-0.39, 0.29) is 48.8 Å². The molecule has 2 N–H and O–H groups in total. The summed E-state index contributed by atoms with van der Waals surface area (Å²) in [5.41, 5.74) is -3.61. The third-order valence-electron chi connectivity index (χ3n) is 7.70. The molecule has 29 heavy (non-hydrogen) atoms. The summed E-state index contributed by atoms with van der Waals surface area (Å²) in [6, 6.07) is 0. The second-order valence-corrected chi connectivity index (χ2v) is 10.2. The highest BCUT2D eigenvalue weighted by molar-refractivity contribution is 5.95. The van der Waals surface area contributed by atoms with Crippen LogP contribution < -0.4 is 0 Å². The van der Waals surface area contributed by atoms with Crippen molar-refractivity contribution in [2.45, 2.75) is 85.4 Å². The molecule has 0 amide bonds. The number of carbonyl (C=O) groups excluding carboxylic acids is 3. The smallest absolute Gasteiger partial charge is 0.302 e. The van der Waals surface area contributed by atoms with Crippen molar-refractivity contribution in [2.75, 3.05) is 6.61 Å². The van der Waals surface area contributed by atoms with Crippen LogP contribution in [0.25, 0.3) is 0 Å². The first-order chi connectivity index (χ1) is 13.2. The number of ether oxygens (including phenoxy) is 1. The van der Waals surface area contributed by atoms with Crippen LogP contribution in [0.2, 0.25) is 0 Å². The Morgan fingerprint density at radius 1 is 1.21 bits per heavy atom. The molecule has 0 aromatic heterocycles. The third kappa shape index (κ3) is 4.15. The Morgan fingerprint density at radius 3 is 2.31 bits per heavy atom. The Hall–Kier alpha value is -1.27. The highest BCUT2D eigenvalue weighted by Crippen LogP contribution is 2.61. The van der Waals surface area contributed by atoms with E-state index in [1.165, 1.54) is 13.8 Å². The Kier molecular flexibility index (Phi) is 6.71. The predicted molar refractivity (Wildman–Crippen MR) is 109 cm³/mol. The first-order valence-corrected chi connectivity index (χ1v) is 10.9. The lowest BCUT2D eigenvalue weighted by atomic mass is 9.42. The molecule has 166 valence electrons. The fourth-order valence-electron chi connectivity index (χ4n) is 6.78. The molecule has 0 saturated heterocycles. The van der Waals surface area contributed by atoms with Gasteiger partial charge in [-0.25, -0.2) is 0 Å². The van der Waals surface area contributed by atoms with Gasteiger partial charge < -0.3 is 14.9 Å². The van der Waals surface area contributed by atoms with Crippen LogP contribution in [0.5, 0.6) is 0 Å². The Morgan fingerprint density at radius 2 is 1.79 bits per heavy atom. The van der Waals surface area contributed by atoms with Gasteiger partial charge in [-0.2, -0.15) is 0 Å². The van der Waals surface area contributed by atoms with Gasteiger partial charge in [0.2, 0.25) is 0 Å². The fourth-order valence-corrected chi connectivity index (χ4v) is 6.78. The number of Topliss-reactive ketones (excluding diaryl/α,β-unsaturated/α-hetero) is 2. The molecular weight excluding hydrogens is 372 g/mol. The molecule has 2 saturated carbocycles. The van der Waals surface area contributed by atoms with Crippen LogP contribution in [-0.2, 0) is 19.1 Å². The number of carbonyl (C=O) groups is 3. The van der Waals surface area contributed by atoms with Crippen molar-refractivity contribution in [1.82, 2.24) is 0 Å². The minimum Gasteiger partial charge on any atom is -0.465 e. The molecule has 2 aliphatic carbocycles. The summed E-state index contributed by atoms with van der Waals surface area (Å²) in [6.07, 6.45) is 1.53. The lowest BCUT2D eigenvalue weighted by molar-refractivity contribution is -0.205. The molecule has 6 nitrogen and oxygen atoms in total. The summed E-state index contributed by atoms with van der Waals surface area (Å²) >= 11 is 0. The summed E-state index contributed by atoms with van der Waals surface area (Å²) in [5.74, 6) is -2.27. The zero-order chi connectivity index (χ0) is 22.4. The van der Waals surface area contributed by atoms with Gasteiger partial charge in [0, 0.05) is 30.6 Å². The Balaban J connectivity index is 2.57. The van der Waals surface area contributed by atoms with E-state index in [0.29, 0.717) is 6.42 Å². The fraction of sp³-hybridized carbons (Fsp3) is 0.870. The molecule has 0 aromatic carbocycles. The molecule has 0 heterocycles. The lowest BCUT2D eigenvalue weighted by Crippen LogP contribution is -2.69. The number of hydrogen-bond acceptors (Lipinski definition) is 6. The van der Waals surface area contributed by atoms with E-state index in [1.54, 1.807) is 6.92 Å². The van der Waals surface area contributed by atoms with Crippen LogP contribution in [-0.4, -0.2) is 45.6 Å². The average molecular weight is 411 g/mol. The Labute approximate surface area is 174 Å². The molecule has 8 atom stereocenters. The van der Waals surface area contributed by atoms with Gasteiger partial charge in [0.1, 0.15) is 11.4 Å². The van der Waals surface area contributed by atoms with Crippen molar-refractivity contribution in [3.05, 3.63) is 0 Å². The minimum absolute atomic E-state index is 0.00342. The SMILES string of the molecule is CCC(C)C1C(C)(O)C(=O)C2CC(C)(O)CC(C)C2C1(C)C(=O)CCOC(C)=O. The molecule has 2 aliphatic rings. The van der Waals surface area contributed by atoms with Crippen LogP contribution in [0.3, 0.4) is 0 Å². The zero-order valence-electron chi connectivity index (χ0n) is 18.9. The van der Waals surface area contributed by atoms with Crippen LogP contribution in [0.4, 0.5) is 0 Å². The predicted octanol–water partition coefficient (Wildman–Crippen LogP) is 2.92. The van der Waals surface area contributed by atoms with E-state index in [2.05, 4.69) is 0 Å². The minimum atomic E-state index is -1.66. The molecule has 8 unspecified atom stereocenters. The third-order valence-corrected chi connectivity index (χ3v) is 7.70. The van der Waals surface area contributed by atoms with E-state index in [9.17, 15) is 24.6 Å². The first-order valence-electron chi connectivity index (χ1n) is 10.9. The van der Waals surface area contributed by atoms with Gasteiger partial charge in [-0.15, -0.1) is 0 Å². The molecule has 0 aromatic rings. The summed E-state index contributed by atoms with van der Waals surface area (Å²) < 4.78 is 5.01. The van der Waals surface area contributed by atoms with Crippen LogP contribution in [0, 0.1) is 35.0 Å². The summed E-state index contributed by atoms with van der Waals surface area (Å²) in [6.45, 7) is 12.4. The maximum Gasteiger partial charge on any atom is 0.302 e. The zero-order valence-corrected chi connectivity index (χ0v) is 18.9. The standard InChI is InChI=1S/C23H38O6/c1-8-13(2)19-22(6,17(25)9-10-29-15(4)24)18-14(3)11-21(5,27)12-16(18)20(26)23(19,7)28/h13-14,16,18-19,27-28H,8-12H2,1-7H3.